The van der Waals surface area contributed by atoms with Crippen molar-refractivity contribution in [2.75, 3.05) is 4.90 Å². The average Bonchev–Trinajstić information content (AvgIpc) is 3.88. The molecule has 0 N–H and O–H groups in total. The summed E-state index contributed by atoms with van der Waals surface area (Å²) in [5, 5.41) is 2.47. The molecule has 3 heteroatoms. The molecule has 15 rings (SSSR count). The van der Waals surface area contributed by atoms with Crippen molar-refractivity contribution in [3.63, 3.8) is 0 Å². The van der Waals surface area contributed by atoms with E-state index >= 15 is 0 Å². The number of hydrogen-bond donors (Lipinski definition) is 0. The van der Waals surface area contributed by atoms with Crippen molar-refractivity contribution in [2.45, 2.75) is 10.8 Å². The summed E-state index contributed by atoms with van der Waals surface area (Å²) in [6, 6.07) is 91.0. The smallest absolute Gasteiger partial charge is 0.132 e. The first-order chi connectivity index (χ1) is 34.2. The van der Waals surface area contributed by atoms with Crippen LogP contribution in [0, 0.1) is 0 Å². The number of rotatable bonds is 4. The molecule has 322 valence electrons. The highest BCUT2D eigenvalue weighted by atomic mass is 16.5. The number of ether oxygens (including phenoxy) is 2. The minimum absolute atomic E-state index is 0.615. The predicted molar refractivity (Wildman–Crippen MR) is 279 cm³/mol. The fourth-order valence-electron chi connectivity index (χ4n) is 12.7. The molecule has 0 unspecified atom stereocenters. The zero-order valence-electron chi connectivity index (χ0n) is 37.4. The molecule has 2 aliphatic heterocycles. The van der Waals surface area contributed by atoms with E-state index in [1.165, 1.54) is 66.4 Å². The van der Waals surface area contributed by atoms with Crippen molar-refractivity contribution in [2.24, 2.45) is 0 Å². The molecule has 0 aromatic heterocycles. The lowest BCUT2D eigenvalue weighted by Gasteiger charge is -2.40. The maximum atomic E-state index is 6.81. The molecule has 0 saturated carbocycles. The summed E-state index contributed by atoms with van der Waals surface area (Å²) in [6.45, 7) is 0. The largest absolute Gasteiger partial charge is 0.457 e. The maximum absolute atomic E-state index is 6.81. The van der Waals surface area contributed by atoms with Gasteiger partial charge in [0.25, 0.3) is 0 Å². The molecule has 69 heavy (non-hydrogen) atoms. The van der Waals surface area contributed by atoms with Crippen LogP contribution in [0.25, 0.3) is 44.2 Å². The van der Waals surface area contributed by atoms with Crippen LogP contribution in [-0.2, 0) is 10.8 Å². The average molecular weight is 880 g/mol. The fraction of sp³-hybridized carbons (Fsp3) is 0.0303. The van der Waals surface area contributed by atoms with Gasteiger partial charge in [0.05, 0.1) is 16.5 Å². The highest BCUT2D eigenvalue weighted by Crippen LogP contribution is 2.66. The van der Waals surface area contributed by atoms with Crippen molar-refractivity contribution >= 4 is 27.8 Å². The molecular formula is C66H41NO2. The van der Waals surface area contributed by atoms with E-state index in [1.54, 1.807) is 0 Å². The van der Waals surface area contributed by atoms with Gasteiger partial charge in [-0.3, -0.25) is 0 Å². The Labute approximate surface area is 400 Å². The third-order valence-electron chi connectivity index (χ3n) is 15.4. The second kappa shape index (κ2) is 14.3. The summed E-state index contributed by atoms with van der Waals surface area (Å²) in [6.07, 6.45) is 0. The second-order valence-electron chi connectivity index (χ2n) is 18.6. The first-order valence-corrected chi connectivity index (χ1v) is 23.8. The summed E-state index contributed by atoms with van der Waals surface area (Å²) in [4.78, 5) is 2.51. The molecule has 11 aromatic rings. The molecular weight excluding hydrogens is 839 g/mol. The second-order valence-corrected chi connectivity index (χ2v) is 18.6. The van der Waals surface area contributed by atoms with Gasteiger partial charge >= 0.3 is 0 Å². The Balaban J connectivity index is 1.04. The van der Waals surface area contributed by atoms with E-state index in [-0.39, 0.29) is 0 Å². The van der Waals surface area contributed by atoms with Crippen molar-refractivity contribution in [1.82, 2.24) is 0 Å². The Morgan fingerprint density at radius 1 is 0.290 bits per heavy atom. The molecule has 2 heterocycles. The van der Waals surface area contributed by atoms with Gasteiger partial charge in [-0.25, -0.2) is 0 Å². The number of nitrogens with zero attached hydrogens (tertiary/aromatic N) is 1. The van der Waals surface area contributed by atoms with Gasteiger partial charge in [-0.1, -0.05) is 194 Å². The first-order valence-electron chi connectivity index (χ1n) is 23.8. The Morgan fingerprint density at radius 2 is 0.768 bits per heavy atom. The molecule has 2 spiro atoms. The van der Waals surface area contributed by atoms with Crippen molar-refractivity contribution in [3.05, 3.63) is 293 Å². The summed E-state index contributed by atoms with van der Waals surface area (Å²) in [5.74, 6) is 3.51. The number of fused-ring (bicyclic) bond motifs is 20. The van der Waals surface area contributed by atoms with E-state index in [0.29, 0.717) is 0 Å². The highest BCUT2D eigenvalue weighted by Gasteiger charge is 2.54. The lowest BCUT2D eigenvalue weighted by molar-refractivity contribution is 0.436. The van der Waals surface area contributed by atoms with Crippen molar-refractivity contribution in [1.29, 1.82) is 0 Å². The van der Waals surface area contributed by atoms with E-state index in [0.717, 1.165) is 62.3 Å². The zero-order chi connectivity index (χ0) is 45.3. The van der Waals surface area contributed by atoms with Gasteiger partial charge in [-0.2, -0.15) is 0 Å². The minimum Gasteiger partial charge on any atom is -0.457 e. The van der Waals surface area contributed by atoms with Gasteiger partial charge in [0.2, 0.25) is 0 Å². The van der Waals surface area contributed by atoms with Crippen LogP contribution in [-0.4, -0.2) is 0 Å². The standard InChI is InChI=1S/C66H41NO2/c1-2-17-42(18-3-1)43-33-36-45(37-34-43)67(58-28-16-27-55-64(58)48-21-6-7-22-50(48)65(55)51-23-8-12-29-59(51)68-60-30-13-9-24-52(60)65)46-38-39-49-57(41-46)66(56-40-35-44-19-4-5-20-47(44)63(49)56)53-25-10-14-31-61(53)69-62-32-15-11-26-54(62)66/h1-41H. The number of para-hydroxylation sites is 4. The van der Waals surface area contributed by atoms with E-state index in [1.807, 2.05) is 0 Å². The SMILES string of the molecule is c1ccc(-c2ccc(N(c3ccc4c(c3)C3(c5ccccc5Oc5ccccc53)c3ccc5ccccc5c3-4)c3cccc4c3-c3ccccc3C43c4ccccc4Oc4ccccc43)cc2)cc1. The lowest BCUT2D eigenvalue weighted by atomic mass is 9.66. The fourth-order valence-corrected chi connectivity index (χ4v) is 12.7. The minimum atomic E-state index is -0.663. The van der Waals surface area contributed by atoms with Crippen LogP contribution in [0.3, 0.4) is 0 Å². The Morgan fingerprint density at radius 3 is 1.42 bits per heavy atom. The van der Waals surface area contributed by atoms with Crippen LogP contribution in [0.4, 0.5) is 17.1 Å². The summed E-state index contributed by atoms with van der Waals surface area (Å²) < 4.78 is 13.6. The third kappa shape index (κ3) is 5.06. The van der Waals surface area contributed by atoms with E-state index in [4.69, 9.17) is 9.47 Å². The normalized spacial score (nSPS) is 14.3. The molecule has 11 aromatic carbocycles. The van der Waals surface area contributed by atoms with Crippen LogP contribution >= 0.6 is 0 Å². The van der Waals surface area contributed by atoms with Crippen molar-refractivity contribution in [3.8, 4) is 56.4 Å². The molecule has 0 amide bonds. The molecule has 0 radical (unpaired) electrons. The van der Waals surface area contributed by atoms with Crippen LogP contribution in [0.1, 0.15) is 44.5 Å². The molecule has 0 bridgehead atoms. The Hall–Kier alpha value is -8.92. The molecule has 3 nitrogen and oxygen atoms in total. The van der Waals surface area contributed by atoms with Crippen molar-refractivity contribution < 1.29 is 9.47 Å². The highest BCUT2D eigenvalue weighted by molar-refractivity contribution is 6.06. The van der Waals surface area contributed by atoms with Gasteiger partial charge in [0.15, 0.2) is 0 Å². The van der Waals surface area contributed by atoms with E-state index < -0.39 is 10.8 Å². The van der Waals surface area contributed by atoms with Crippen LogP contribution < -0.4 is 14.4 Å². The van der Waals surface area contributed by atoms with Gasteiger partial charge in [-0.05, 0) is 115 Å². The van der Waals surface area contributed by atoms with Crippen LogP contribution in [0.5, 0.6) is 23.0 Å². The van der Waals surface area contributed by atoms with Crippen LogP contribution in [0.2, 0.25) is 0 Å². The molecule has 0 saturated heterocycles. The number of benzene rings is 11. The predicted octanol–water partition coefficient (Wildman–Crippen LogP) is 16.9. The topological polar surface area (TPSA) is 21.7 Å². The molecule has 2 aliphatic carbocycles. The Kier molecular flexibility index (Phi) is 7.92. The number of anilines is 3. The maximum Gasteiger partial charge on any atom is 0.132 e. The first kappa shape index (κ1) is 38.2. The van der Waals surface area contributed by atoms with E-state index in [9.17, 15) is 0 Å². The Bertz CT molecular complexity index is 3830. The quantitative estimate of drug-likeness (QED) is 0.176. The summed E-state index contributed by atoms with van der Waals surface area (Å²) in [5.41, 5.74) is 18.8. The summed E-state index contributed by atoms with van der Waals surface area (Å²) >= 11 is 0. The number of hydrogen-bond acceptors (Lipinski definition) is 3. The molecule has 0 fully saturated rings. The van der Waals surface area contributed by atoms with Gasteiger partial charge in [0.1, 0.15) is 23.0 Å². The lowest BCUT2D eigenvalue weighted by Crippen LogP contribution is -2.32. The van der Waals surface area contributed by atoms with Gasteiger partial charge in [-0.15, -0.1) is 0 Å². The van der Waals surface area contributed by atoms with E-state index in [2.05, 4.69) is 254 Å². The summed E-state index contributed by atoms with van der Waals surface area (Å²) in [7, 11) is 0. The van der Waals surface area contributed by atoms with Crippen LogP contribution in [0.15, 0.2) is 249 Å². The molecule has 0 atom stereocenters. The molecule has 4 aliphatic rings. The van der Waals surface area contributed by atoms with Gasteiger partial charge < -0.3 is 14.4 Å². The zero-order valence-corrected chi connectivity index (χ0v) is 37.4. The third-order valence-corrected chi connectivity index (χ3v) is 15.4. The monoisotopic (exact) mass is 879 g/mol. The van der Waals surface area contributed by atoms with Gasteiger partial charge in [0, 0.05) is 39.2 Å².